The number of nitrogens with zero attached hydrogens (tertiary/aromatic N) is 1. The number of benzene rings is 1. The van der Waals surface area contributed by atoms with E-state index < -0.39 is 12.1 Å². The van der Waals surface area contributed by atoms with E-state index in [-0.39, 0.29) is 6.04 Å². The van der Waals surface area contributed by atoms with E-state index in [2.05, 4.69) is 12.2 Å². The van der Waals surface area contributed by atoms with Gasteiger partial charge in [-0.05, 0) is 43.9 Å². The Labute approximate surface area is 140 Å². The molecule has 1 saturated heterocycles. The fourth-order valence-electron chi connectivity index (χ4n) is 2.88. The van der Waals surface area contributed by atoms with Gasteiger partial charge in [0.15, 0.2) is 0 Å². The highest BCUT2D eigenvalue weighted by Crippen LogP contribution is 2.25. The molecule has 0 saturated carbocycles. The van der Waals surface area contributed by atoms with Crippen molar-refractivity contribution >= 4 is 29.4 Å². The van der Waals surface area contributed by atoms with Crippen molar-refractivity contribution in [3.63, 3.8) is 0 Å². The molecule has 1 aromatic carbocycles. The van der Waals surface area contributed by atoms with Gasteiger partial charge in [0.05, 0.1) is 12.7 Å². The first-order chi connectivity index (χ1) is 10.9. The first-order valence-corrected chi connectivity index (χ1v) is 7.92. The quantitative estimate of drug-likeness (QED) is 0.822. The van der Waals surface area contributed by atoms with Crippen molar-refractivity contribution in [1.82, 2.24) is 4.90 Å². The molecule has 0 aliphatic carbocycles. The lowest BCUT2D eigenvalue weighted by molar-refractivity contribution is 0.0600. The third kappa shape index (κ3) is 4.51. The predicted octanol–water partition coefficient (Wildman–Crippen LogP) is 3.32. The SMILES string of the molecule is COC(=O)c1cc(Cl)cc(NC(C)C2CCN(C(=O)O)CC2)c1. The summed E-state index contributed by atoms with van der Waals surface area (Å²) in [7, 11) is 1.33. The second-order valence-electron chi connectivity index (χ2n) is 5.76. The molecule has 1 heterocycles. The van der Waals surface area contributed by atoms with Crippen molar-refractivity contribution in [1.29, 1.82) is 0 Å². The number of anilines is 1. The molecule has 0 spiro atoms. The summed E-state index contributed by atoms with van der Waals surface area (Å²) in [5.74, 6) is -0.0656. The van der Waals surface area contributed by atoms with Crippen molar-refractivity contribution in [2.24, 2.45) is 5.92 Å². The van der Waals surface area contributed by atoms with E-state index in [1.54, 1.807) is 18.2 Å². The van der Waals surface area contributed by atoms with Gasteiger partial charge in [-0.3, -0.25) is 0 Å². The van der Waals surface area contributed by atoms with Crippen LogP contribution in [-0.2, 0) is 4.74 Å². The van der Waals surface area contributed by atoms with Crippen LogP contribution in [-0.4, -0.2) is 48.3 Å². The van der Waals surface area contributed by atoms with Crippen LogP contribution in [0.1, 0.15) is 30.1 Å². The third-order valence-corrected chi connectivity index (χ3v) is 4.45. The highest BCUT2D eigenvalue weighted by molar-refractivity contribution is 6.31. The lowest BCUT2D eigenvalue weighted by atomic mass is 9.90. The number of esters is 1. The van der Waals surface area contributed by atoms with E-state index in [4.69, 9.17) is 21.4 Å². The molecule has 1 amide bonds. The second kappa shape index (κ2) is 7.55. The Kier molecular flexibility index (Phi) is 5.71. The predicted molar refractivity (Wildman–Crippen MR) is 88.2 cm³/mol. The largest absolute Gasteiger partial charge is 0.465 e. The highest BCUT2D eigenvalue weighted by Gasteiger charge is 2.26. The summed E-state index contributed by atoms with van der Waals surface area (Å²) in [6.07, 6.45) is 0.761. The van der Waals surface area contributed by atoms with Gasteiger partial charge in [0.2, 0.25) is 0 Å². The Hall–Kier alpha value is -1.95. The first-order valence-electron chi connectivity index (χ1n) is 7.54. The van der Waals surface area contributed by atoms with Crippen LogP contribution in [0.3, 0.4) is 0 Å². The van der Waals surface area contributed by atoms with Gasteiger partial charge in [-0.25, -0.2) is 9.59 Å². The molecule has 1 unspecified atom stereocenters. The Bertz CT molecular complexity index is 585. The van der Waals surface area contributed by atoms with E-state index in [1.165, 1.54) is 12.0 Å². The summed E-state index contributed by atoms with van der Waals surface area (Å²) >= 11 is 6.05. The summed E-state index contributed by atoms with van der Waals surface area (Å²) in [4.78, 5) is 24.0. The molecule has 2 N–H and O–H groups in total. The molecule has 0 aromatic heterocycles. The highest BCUT2D eigenvalue weighted by atomic mass is 35.5. The number of carboxylic acid groups (broad SMARTS) is 1. The smallest absolute Gasteiger partial charge is 0.407 e. The van der Waals surface area contributed by atoms with Crippen LogP contribution in [0, 0.1) is 5.92 Å². The standard InChI is InChI=1S/C16H21ClN2O4/c1-10(11-3-5-19(6-4-11)16(21)22)18-14-8-12(15(20)23-2)7-13(17)9-14/h7-11,18H,3-6H2,1-2H3,(H,21,22). The lowest BCUT2D eigenvalue weighted by Gasteiger charge is -2.34. The summed E-state index contributed by atoms with van der Waals surface area (Å²) in [5, 5.41) is 12.8. The number of carbonyl (C=O) groups is 2. The molecule has 1 aliphatic rings. The van der Waals surface area contributed by atoms with Crippen LogP contribution in [0.25, 0.3) is 0 Å². The van der Waals surface area contributed by atoms with Gasteiger partial charge in [-0.15, -0.1) is 0 Å². The maximum atomic E-state index is 11.6. The van der Waals surface area contributed by atoms with Crippen molar-refractivity contribution in [2.75, 3.05) is 25.5 Å². The molecule has 6 nitrogen and oxygen atoms in total. The molecule has 126 valence electrons. The number of halogens is 1. The normalized spacial score (nSPS) is 16.7. The second-order valence-corrected chi connectivity index (χ2v) is 6.20. The van der Waals surface area contributed by atoms with Crippen molar-refractivity contribution in [2.45, 2.75) is 25.8 Å². The Morgan fingerprint density at radius 3 is 2.57 bits per heavy atom. The molecule has 0 radical (unpaired) electrons. The topological polar surface area (TPSA) is 78.9 Å². The molecular weight excluding hydrogens is 320 g/mol. The van der Waals surface area contributed by atoms with Crippen molar-refractivity contribution < 1.29 is 19.4 Å². The minimum Gasteiger partial charge on any atom is -0.465 e. The maximum Gasteiger partial charge on any atom is 0.407 e. The fourth-order valence-corrected chi connectivity index (χ4v) is 3.12. The van der Waals surface area contributed by atoms with Crippen LogP contribution in [0.4, 0.5) is 10.5 Å². The number of hydrogen-bond donors (Lipinski definition) is 2. The van der Waals surface area contributed by atoms with Gasteiger partial charge >= 0.3 is 12.1 Å². The van der Waals surface area contributed by atoms with Crippen molar-refractivity contribution in [3.8, 4) is 0 Å². The maximum absolute atomic E-state index is 11.6. The molecule has 0 bridgehead atoms. The minimum atomic E-state index is -0.860. The Balaban J connectivity index is 2.00. The van der Waals surface area contributed by atoms with Crippen LogP contribution in [0.2, 0.25) is 5.02 Å². The number of piperidine rings is 1. The molecule has 7 heteroatoms. The fraction of sp³-hybridized carbons (Fsp3) is 0.500. The van der Waals surface area contributed by atoms with Gasteiger partial charge in [0.1, 0.15) is 0 Å². The molecule has 1 aliphatic heterocycles. The van der Waals surface area contributed by atoms with Gasteiger partial charge < -0.3 is 20.1 Å². The molecule has 1 atom stereocenters. The molecule has 1 fully saturated rings. The number of carbonyl (C=O) groups excluding carboxylic acids is 1. The number of ether oxygens (including phenoxy) is 1. The van der Waals surface area contributed by atoms with Crippen LogP contribution >= 0.6 is 11.6 Å². The molecular formula is C16H21ClN2O4. The number of rotatable bonds is 4. The van der Waals surface area contributed by atoms with Gasteiger partial charge in [-0.2, -0.15) is 0 Å². The number of hydrogen-bond acceptors (Lipinski definition) is 4. The van der Waals surface area contributed by atoms with Crippen LogP contribution in [0.15, 0.2) is 18.2 Å². The first kappa shape index (κ1) is 17.4. The minimum absolute atomic E-state index is 0.148. The number of amides is 1. The molecule has 23 heavy (non-hydrogen) atoms. The average molecular weight is 341 g/mol. The Morgan fingerprint density at radius 1 is 1.35 bits per heavy atom. The van der Waals surface area contributed by atoms with Crippen molar-refractivity contribution in [3.05, 3.63) is 28.8 Å². The van der Waals surface area contributed by atoms with E-state index in [1.807, 2.05) is 0 Å². The third-order valence-electron chi connectivity index (χ3n) is 4.23. The van der Waals surface area contributed by atoms with Crippen LogP contribution < -0.4 is 5.32 Å². The Morgan fingerprint density at radius 2 is 2.00 bits per heavy atom. The monoisotopic (exact) mass is 340 g/mol. The zero-order valence-corrected chi connectivity index (χ0v) is 14.0. The molecule has 2 rings (SSSR count). The summed E-state index contributed by atoms with van der Waals surface area (Å²) in [5.41, 5.74) is 1.15. The van der Waals surface area contributed by atoms with E-state index in [9.17, 15) is 9.59 Å². The number of nitrogens with one attached hydrogen (secondary N) is 1. The van der Waals surface area contributed by atoms with E-state index >= 15 is 0 Å². The number of likely N-dealkylation sites (tertiary alicyclic amines) is 1. The average Bonchev–Trinajstić information content (AvgIpc) is 2.53. The zero-order valence-electron chi connectivity index (χ0n) is 13.2. The number of methoxy groups -OCH3 is 1. The van der Waals surface area contributed by atoms with Crippen LogP contribution in [0.5, 0.6) is 0 Å². The summed E-state index contributed by atoms with van der Waals surface area (Å²) in [6, 6.07) is 5.18. The molecule has 1 aromatic rings. The van der Waals surface area contributed by atoms with Gasteiger partial charge in [0, 0.05) is 29.8 Å². The lowest BCUT2D eigenvalue weighted by Crippen LogP contribution is -2.41. The van der Waals surface area contributed by atoms with E-state index in [0.717, 1.165) is 18.5 Å². The zero-order chi connectivity index (χ0) is 17.0. The summed E-state index contributed by atoms with van der Waals surface area (Å²) < 4.78 is 4.72. The summed E-state index contributed by atoms with van der Waals surface area (Å²) in [6.45, 7) is 3.16. The van der Waals surface area contributed by atoms with E-state index in [0.29, 0.717) is 29.6 Å². The van der Waals surface area contributed by atoms with Gasteiger partial charge in [-0.1, -0.05) is 11.6 Å². The van der Waals surface area contributed by atoms with Gasteiger partial charge in [0.25, 0.3) is 0 Å².